The molecule has 0 saturated carbocycles. The third-order valence-electron chi connectivity index (χ3n) is 5.90. The molecule has 0 spiro atoms. The molecule has 0 radical (unpaired) electrons. The molecule has 0 N–H and O–H groups in total. The lowest BCUT2D eigenvalue weighted by molar-refractivity contribution is 0.112. The number of hydrogen-bond acceptors (Lipinski definition) is 5. The Morgan fingerprint density at radius 2 is 2.10 bits per heavy atom. The molecule has 29 heavy (non-hydrogen) atoms. The Kier molecular flexibility index (Phi) is 4.56. The van der Waals surface area contributed by atoms with Gasteiger partial charge >= 0.3 is 0 Å². The van der Waals surface area contributed by atoms with Crippen molar-refractivity contribution in [3.05, 3.63) is 71.3 Å². The number of rotatable bonds is 4. The number of aldehydes is 1. The van der Waals surface area contributed by atoms with Crippen molar-refractivity contribution in [2.24, 2.45) is 0 Å². The van der Waals surface area contributed by atoms with Crippen LogP contribution < -0.4 is 0 Å². The van der Waals surface area contributed by atoms with Crippen LogP contribution in [0.25, 0.3) is 16.6 Å². The molecule has 5 rings (SSSR count). The maximum atomic E-state index is 11.9. The quantitative estimate of drug-likeness (QED) is 0.500. The number of nitrogens with zero attached hydrogens (tertiary/aromatic N) is 5. The fourth-order valence-corrected chi connectivity index (χ4v) is 4.55. The highest BCUT2D eigenvalue weighted by molar-refractivity contribution is 5.99. The molecule has 0 aliphatic carbocycles. The molecule has 2 aromatic carbocycles. The Balaban J connectivity index is 1.44. The second-order valence-electron chi connectivity index (χ2n) is 7.85. The van der Waals surface area contributed by atoms with Crippen molar-refractivity contribution in [3.63, 3.8) is 0 Å². The molecule has 0 bridgehead atoms. The molecule has 1 saturated heterocycles. The number of carbonyl (C=O) groups is 1. The number of piperidine rings is 1. The van der Waals surface area contributed by atoms with E-state index in [-0.39, 0.29) is 0 Å². The van der Waals surface area contributed by atoms with Gasteiger partial charge in [-0.25, -0.2) is 9.50 Å². The van der Waals surface area contributed by atoms with Gasteiger partial charge in [0.2, 0.25) is 0 Å². The number of likely N-dealkylation sites (tertiary alicyclic amines) is 1. The zero-order chi connectivity index (χ0) is 19.8. The summed E-state index contributed by atoms with van der Waals surface area (Å²) in [4.78, 5) is 23.1. The lowest BCUT2D eigenvalue weighted by Crippen LogP contribution is -2.35. The van der Waals surface area contributed by atoms with Crippen LogP contribution in [-0.2, 0) is 6.54 Å². The predicted molar refractivity (Wildman–Crippen MR) is 112 cm³/mol. The van der Waals surface area contributed by atoms with Crippen LogP contribution in [0.3, 0.4) is 0 Å². The predicted octanol–water partition coefficient (Wildman–Crippen LogP) is 3.78. The first kappa shape index (κ1) is 17.9. The van der Waals surface area contributed by atoms with Gasteiger partial charge in [-0.15, -0.1) is 0 Å². The smallest absolute Gasteiger partial charge is 0.252 e. The first-order valence-corrected chi connectivity index (χ1v) is 10.1. The normalized spacial score (nSPS) is 17.8. The van der Waals surface area contributed by atoms with Crippen LogP contribution in [0.4, 0.5) is 0 Å². The van der Waals surface area contributed by atoms with Crippen molar-refractivity contribution in [2.75, 3.05) is 13.1 Å². The highest BCUT2D eigenvalue weighted by Crippen LogP contribution is 2.29. The number of carbonyl (C=O) groups excluding carboxylic acids is 1. The number of aryl methyl sites for hydroxylation is 1. The minimum absolute atomic E-state index is 0.370. The lowest BCUT2D eigenvalue weighted by Gasteiger charge is -2.33. The van der Waals surface area contributed by atoms with E-state index in [1.54, 1.807) is 6.33 Å². The number of benzene rings is 2. The molecule has 6 nitrogen and oxygen atoms in total. The van der Waals surface area contributed by atoms with E-state index < -0.39 is 0 Å². The van der Waals surface area contributed by atoms with E-state index in [1.165, 1.54) is 5.69 Å². The van der Waals surface area contributed by atoms with E-state index in [2.05, 4.69) is 44.2 Å². The minimum Gasteiger partial charge on any atom is -0.298 e. The maximum absolute atomic E-state index is 11.9. The fraction of sp³-hybridized carbons (Fsp3) is 0.304. The standard InChI is InChI=1S/C23H23N5O/c1-16-11-22(28-23(26-16)24-15-25-28)19-6-4-10-27(13-19)12-18-9-8-17-5-2-3-7-20(17)21(18)14-29/h2-3,5,7-9,11,14-15,19H,4,6,10,12-13H2,1H3. The topological polar surface area (TPSA) is 63.4 Å². The molecule has 4 aromatic rings. The summed E-state index contributed by atoms with van der Waals surface area (Å²) >= 11 is 0. The second kappa shape index (κ2) is 7.37. The highest BCUT2D eigenvalue weighted by Gasteiger charge is 2.25. The maximum Gasteiger partial charge on any atom is 0.252 e. The molecular formula is C23H23N5O. The van der Waals surface area contributed by atoms with Crippen LogP contribution >= 0.6 is 0 Å². The molecule has 1 fully saturated rings. The molecule has 2 aromatic heterocycles. The van der Waals surface area contributed by atoms with Crippen molar-refractivity contribution in [2.45, 2.75) is 32.2 Å². The molecule has 1 aliphatic heterocycles. The van der Waals surface area contributed by atoms with Crippen LogP contribution in [0.2, 0.25) is 0 Å². The van der Waals surface area contributed by atoms with Crippen molar-refractivity contribution in [3.8, 4) is 0 Å². The molecule has 1 unspecified atom stereocenters. The molecule has 1 aliphatic rings. The number of hydrogen-bond donors (Lipinski definition) is 0. The zero-order valence-electron chi connectivity index (χ0n) is 16.5. The highest BCUT2D eigenvalue weighted by atomic mass is 16.1. The van der Waals surface area contributed by atoms with E-state index >= 15 is 0 Å². The van der Waals surface area contributed by atoms with E-state index in [0.29, 0.717) is 11.7 Å². The lowest BCUT2D eigenvalue weighted by atomic mass is 9.93. The Hall–Kier alpha value is -3.12. The summed E-state index contributed by atoms with van der Waals surface area (Å²) in [5, 5.41) is 6.52. The summed E-state index contributed by atoms with van der Waals surface area (Å²) in [5.74, 6) is 1.03. The monoisotopic (exact) mass is 385 g/mol. The van der Waals surface area contributed by atoms with Crippen LogP contribution in [0.5, 0.6) is 0 Å². The molecule has 0 amide bonds. The third kappa shape index (κ3) is 3.29. The molecule has 3 heterocycles. The van der Waals surface area contributed by atoms with Gasteiger partial charge in [0, 0.05) is 30.3 Å². The molecule has 1 atom stereocenters. The number of aromatic nitrogens is 4. The van der Waals surface area contributed by atoms with Gasteiger partial charge in [-0.2, -0.15) is 10.1 Å². The van der Waals surface area contributed by atoms with E-state index in [4.69, 9.17) is 0 Å². The molecular weight excluding hydrogens is 362 g/mol. The largest absolute Gasteiger partial charge is 0.298 e. The van der Waals surface area contributed by atoms with Gasteiger partial charge in [0.15, 0.2) is 6.29 Å². The van der Waals surface area contributed by atoms with Gasteiger partial charge < -0.3 is 0 Å². The summed E-state index contributed by atoms with van der Waals surface area (Å²) in [7, 11) is 0. The average Bonchev–Trinajstić information content (AvgIpc) is 3.21. The third-order valence-corrected chi connectivity index (χ3v) is 5.90. The SMILES string of the molecule is Cc1cc(C2CCCN(Cc3ccc4ccccc4c3C=O)C2)n2ncnc2n1. The summed E-state index contributed by atoms with van der Waals surface area (Å²) in [5.41, 5.74) is 4.04. The summed E-state index contributed by atoms with van der Waals surface area (Å²) in [6.07, 6.45) is 4.81. The van der Waals surface area contributed by atoms with Crippen molar-refractivity contribution >= 4 is 22.8 Å². The van der Waals surface area contributed by atoms with Crippen molar-refractivity contribution in [1.82, 2.24) is 24.5 Å². The van der Waals surface area contributed by atoms with Gasteiger partial charge in [0.25, 0.3) is 5.78 Å². The van der Waals surface area contributed by atoms with Crippen molar-refractivity contribution < 1.29 is 4.79 Å². The Morgan fingerprint density at radius 3 is 3.00 bits per heavy atom. The van der Waals surface area contributed by atoms with Gasteiger partial charge in [0.1, 0.15) is 6.33 Å². The van der Waals surface area contributed by atoms with Gasteiger partial charge in [0.05, 0.1) is 5.69 Å². The minimum atomic E-state index is 0.370. The second-order valence-corrected chi connectivity index (χ2v) is 7.85. The van der Waals surface area contributed by atoms with Gasteiger partial charge in [-0.05, 0) is 48.7 Å². The zero-order valence-corrected chi connectivity index (χ0v) is 16.5. The Bertz CT molecular complexity index is 1200. The first-order chi connectivity index (χ1) is 14.2. The summed E-state index contributed by atoms with van der Waals surface area (Å²) < 4.78 is 1.87. The molecule has 146 valence electrons. The summed E-state index contributed by atoms with van der Waals surface area (Å²) in [6.45, 7) is 4.75. The van der Waals surface area contributed by atoms with Crippen LogP contribution in [0.1, 0.15) is 46.1 Å². The van der Waals surface area contributed by atoms with Crippen LogP contribution in [0, 0.1) is 6.92 Å². The van der Waals surface area contributed by atoms with E-state index in [0.717, 1.165) is 66.4 Å². The Morgan fingerprint density at radius 1 is 1.21 bits per heavy atom. The Labute approximate surface area is 169 Å². The fourth-order valence-electron chi connectivity index (χ4n) is 4.55. The van der Waals surface area contributed by atoms with E-state index in [9.17, 15) is 4.79 Å². The molecule has 6 heteroatoms. The number of fused-ring (bicyclic) bond motifs is 2. The van der Waals surface area contributed by atoms with Gasteiger partial charge in [-0.1, -0.05) is 36.4 Å². The summed E-state index contributed by atoms with van der Waals surface area (Å²) in [6, 6.07) is 14.4. The van der Waals surface area contributed by atoms with Gasteiger partial charge in [-0.3, -0.25) is 9.69 Å². The van der Waals surface area contributed by atoms with E-state index in [1.807, 2.05) is 29.6 Å². The van der Waals surface area contributed by atoms with Crippen molar-refractivity contribution in [1.29, 1.82) is 0 Å². The van der Waals surface area contributed by atoms with Crippen LogP contribution in [-0.4, -0.2) is 43.9 Å². The first-order valence-electron chi connectivity index (χ1n) is 10.1. The average molecular weight is 385 g/mol. The van der Waals surface area contributed by atoms with Crippen LogP contribution in [0.15, 0.2) is 48.8 Å².